The van der Waals surface area contributed by atoms with E-state index in [1.54, 1.807) is 6.07 Å². The van der Waals surface area contributed by atoms with Crippen LogP contribution in [0, 0.1) is 12.7 Å². The number of benzene rings is 2. The third kappa shape index (κ3) is 4.82. The summed E-state index contributed by atoms with van der Waals surface area (Å²) < 4.78 is 12.8. The Morgan fingerprint density at radius 2 is 1.78 bits per heavy atom. The van der Waals surface area contributed by atoms with Gasteiger partial charge < -0.3 is 0 Å². The monoisotopic (exact) mass is 332 g/mol. The lowest BCUT2D eigenvalue weighted by molar-refractivity contribution is -0.121. The number of aryl methyl sites for hydroxylation is 1. The van der Waals surface area contributed by atoms with Gasteiger partial charge in [0.25, 0.3) is 5.91 Å². The van der Waals surface area contributed by atoms with E-state index in [1.165, 1.54) is 36.0 Å². The Bertz CT molecular complexity index is 717. The molecule has 0 saturated heterocycles. The molecule has 2 amide bonds. The van der Waals surface area contributed by atoms with Crippen molar-refractivity contribution in [3.05, 3.63) is 65.0 Å². The van der Waals surface area contributed by atoms with Crippen molar-refractivity contribution in [2.24, 2.45) is 0 Å². The van der Waals surface area contributed by atoms with E-state index in [0.29, 0.717) is 11.1 Å². The zero-order chi connectivity index (χ0) is 16.8. The lowest BCUT2D eigenvalue weighted by Crippen LogP contribution is -2.42. The summed E-state index contributed by atoms with van der Waals surface area (Å²) in [6.07, 6.45) is 1.99. The fraction of sp³-hybridized carbons (Fsp3) is 0.176. The molecule has 0 aromatic heterocycles. The molecule has 2 N–H and O–H groups in total. The lowest BCUT2D eigenvalue weighted by atomic mass is 10.1. The van der Waals surface area contributed by atoms with Crippen LogP contribution in [0.2, 0.25) is 0 Å². The van der Waals surface area contributed by atoms with Gasteiger partial charge in [-0.3, -0.25) is 20.4 Å². The molecule has 0 fully saturated rings. The van der Waals surface area contributed by atoms with Crippen LogP contribution in [0.3, 0.4) is 0 Å². The molecule has 6 heteroatoms. The second-order valence-electron chi connectivity index (χ2n) is 4.99. The smallest absolute Gasteiger partial charge is 0.269 e. The fourth-order valence-corrected chi connectivity index (χ4v) is 2.44. The highest BCUT2D eigenvalue weighted by Crippen LogP contribution is 2.18. The summed E-state index contributed by atoms with van der Waals surface area (Å²) in [5, 5.41) is 0. The van der Waals surface area contributed by atoms with Crippen LogP contribution in [0.5, 0.6) is 0 Å². The molecular formula is C17H17FN2O2S. The van der Waals surface area contributed by atoms with Crippen LogP contribution in [0.4, 0.5) is 4.39 Å². The first-order valence-corrected chi connectivity index (χ1v) is 8.20. The van der Waals surface area contributed by atoms with Crippen LogP contribution in [0.15, 0.2) is 47.4 Å². The highest BCUT2D eigenvalue weighted by atomic mass is 32.2. The highest BCUT2D eigenvalue weighted by molar-refractivity contribution is 7.98. The van der Waals surface area contributed by atoms with E-state index in [0.717, 1.165) is 10.5 Å². The average molecular weight is 332 g/mol. The maximum absolute atomic E-state index is 12.8. The Hall–Kier alpha value is -2.34. The van der Waals surface area contributed by atoms with Gasteiger partial charge in [-0.15, -0.1) is 11.8 Å². The Morgan fingerprint density at radius 3 is 2.43 bits per heavy atom. The summed E-state index contributed by atoms with van der Waals surface area (Å²) in [5.74, 6) is -1.10. The van der Waals surface area contributed by atoms with Crippen LogP contribution in [-0.4, -0.2) is 18.1 Å². The predicted molar refractivity (Wildman–Crippen MR) is 88.7 cm³/mol. The molecule has 4 nitrogen and oxygen atoms in total. The minimum absolute atomic E-state index is 0.0599. The largest absolute Gasteiger partial charge is 0.273 e. The van der Waals surface area contributed by atoms with Crippen molar-refractivity contribution in [3.8, 4) is 0 Å². The van der Waals surface area contributed by atoms with E-state index >= 15 is 0 Å². The van der Waals surface area contributed by atoms with E-state index in [2.05, 4.69) is 10.9 Å². The maximum atomic E-state index is 12.8. The zero-order valence-corrected chi connectivity index (χ0v) is 13.7. The Labute approximate surface area is 138 Å². The topological polar surface area (TPSA) is 58.2 Å². The Morgan fingerprint density at radius 1 is 1.09 bits per heavy atom. The zero-order valence-electron chi connectivity index (χ0n) is 12.9. The van der Waals surface area contributed by atoms with E-state index in [9.17, 15) is 14.0 Å². The number of hydrazine groups is 1. The van der Waals surface area contributed by atoms with Crippen LogP contribution in [0.1, 0.15) is 21.5 Å². The first-order chi connectivity index (χ1) is 11.0. The summed E-state index contributed by atoms with van der Waals surface area (Å²) in [5.41, 5.74) is 6.78. The number of carbonyl (C=O) groups excluding carboxylic acids is 2. The van der Waals surface area contributed by atoms with E-state index in [1.807, 2.05) is 25.3 Å². The molecule has 0 heterocycles. The van der Waals surface area contributed by atoms with Crippen LogP contribution in [0.25, 0.3) is 0 Å². The lowest BCUT2D eigenvalue weighted by Gasteiger charge is -2.10. The molecule has 0 radical (unpaired) electrons. The number of nitrogens with one attached hydrogen (secondary N) is 2. The van der Waals surface area contributed by atoms with Gasteiger partial charge in [-0.25, -0.2) is 4.39 Å². The van der Waals surface area contributed by atoms with Crippen LogP contribution < -0.4 is 10.9 Å². The molecule has 2 rings (SSSR count). The first-order valence-electron chi connectivity index (χ1n) is 6.98. The number of hydrogen-bond acceptors (Lipinski definition) is 3. The van der Waals surface area contributed by atoms with Gasteiger partial charge in [-0.1, -0.05) is 18.2 Å². The molecule has 0 aliphatic rings. The normalized spacial score (nSPS) is 10.2. The molecule has 0 atom stereocenters. The van der Waals surface area contributed by atoms with Crippen LogP contribution in [-0.2, 0) is 11.2 Å². The first kappa shape index (κ1) is 17.0. The van der Waals surface area contributed by atoms with Gasteiger partial charge in [-0.05, 0) is 48.6 Å². The SMILES string of the molecule is CSc1ccc(C)c(C(=O)NNC(=O)Cc2ccc(F)cc2)c1. The van der Waals surface area contributed by atoms with Crippen molar-refractivity contribution in [2.75, 3.05) is 6.26 Å². The van der Waals surface area contributed by atoms with Crippen molar-refractivity contribution in [2.45, 2.75) is 18.2 Å². The average Bonchev–Trinajstić information content (AvgIpc) is 2.55. The summed E-state index contributed by atoms with van der Waals surface area (Å²) in [6, 6.07) is 11.2. The third-order valence-corrected chi connectivity index (χ3v) is 4.01. The molecular weight excluding hydrogens is 315 g/mol. The molecule has 0 unspecified atom stereocenters. The van der Waals surface area contributed by atoms with Gasteiger partial charge in [0.1, 0.15) is 5.82 Å². The molecule has 0 saturated carbocycles. The Balaban J connectivity index is 1.93. The second-order valence-corrected chi connectivity index (χ2v) is 5.87. The number of hydrogen-bond donors (Lipinski definition) is 2. The molecule has 2 aromatic carbocycles. The minimum Gasteiger partial charge on any atom is -0.273 e. The number of rotatable bonds is 4. The van der Waals surface area contributed by atoms with Crippen molar-refractivity contribution in [3.63, 3.8) is 0 Å². The molecule has 23 heavy (non-hydrogen) atoms. The van der Waals surface area contributed by atoms with Gasteiger partial charge in [-0.2, -0.15) is 0 Å². The van der Waals surface area contributed by atoms with Crippen LogP contribution >= 0.6 is 11.8 Å². The van der Waals surface area contributed by atoms with E-state index in [-0.39, 0.29) is 24.1 Å². The number of halogens is 1. The molecule has 2 aromatic rings. The molecule has 120 valence electrons. The van der Waals surface area contributed by atoms with Crippen molar-refractivity contribution >= 4 is 23.6 Å². The minimum atomic E-state index is -0.372. The summed E-state index contributed by atoms with van der Waals surface area (Å²) in [6.45, 7) is 1.83. The fourth-order valence-electron chi connectivity index (χ4n) is 2.00. The predicted octanol–water partition coefficient (Wildman–Crippen LogP) is 2.86. The van der Waals surface area contributed by atoms with Crippen molar-refractivity contribution in [1.82, 2.24) is 10.9 Å². The van der Waals surface area contributed by atoms with E-state index < -0.39 is 0 Å². The molecule has 0 aliphatic carbocycles. The second kappa shape index (κ2) is 7.78. The number of carbonyl (C=O) groups is 2. The van der Waals surface area contributed by atoms with Gasteiger partial charge >= 0.3 is 0 Å². The van der Waals surface area contributed by atoms with Gasteiger partial charge in [0, 0.05) is 10.5 Å². The quantitative estimate of drug-likeness (QED) is 0.669. The van der Waals surface area contributed by atoms with E-state index in [4.69, 9.17) is 0 Å². The molecule has 0 bridgehead atoms. The van der Waals surface area contributed by atoms with Crippen molar-refractivity contribution in [1.29, 1.82) is 0 Å². The maximum Gasteiger partial charge on any atom is 0.269 e. The van der Waals surface area contributed by atoms with Gasteiger partial charge in [0.05, 0.1) is 6.42 Å². The molecule has 0 aliphatic heterocycles. The number of amides is 2. The number of thioether (sulfide) groups is 1. The van der Waals surface area contributed by atoms with Gasteiger partial charge in [0.15, 0.2) is 0 Å². The highest BCUT2D eigenvalue weighted by Gasteiger charge is 2.11. The molecule has 0 spiro atoms. The standard InChI is InChI=1S/C17H17FN2O2S/c1-11-3-8-14(23-2)10-15(11)17(22)20-19-16(21)9-12-4-6-13(18)7-5-12/h3-8,10H,9H2,1-2H3,(H,19,21)(H,20,22). The third-order valence-electron chi connectivity index (χ3n) is 3.28. The summed E-state index contributed by atoms with van der Waals surface area (Å²) in [7, 11) is 0. The van der Waals surface area contributed by atoms with Crippen molar-refractivity contribution < 1.29 is 14.0 Å². The summed E-state index contributed by atoms with van der Waals surface area (Å²) in [4.78, 5) is 24.9. The van der Waals surface area contributed by atoms with Gasteiger partial charge in [0.2, 0.25) is 5.91 Å². The summed E-state index contributed by atoms with van der Waals surface area (Å²) >= 11 is 1.54. The Kier molecular flexibility index (Phi) is 5.76.